The Morgan fingerprint density at radius 1 is 1.38 bits per heavy atom. The van der Waals surface area contributed by atoms with Crippen LogP contribution in [0.25, 0.3) is 10.1 Å². The molecule has 3 aromatic rings. The van der Waals surface area contributed by atoms with Gasteiger partial charge in [0.25, 0.3) is 5.56 Å². The van der Waals surface area contributed by atoms with Crippen LogP contribution in [0.15, 0.2) is 23.4 Å². The molecule has 0 bridgehead atoms. The van der Waals surface area contributed by atoms with Gasteiger partial charge in [-0.15, -0.1) is 11.3 Å². The van der Waals surface area contributed by atoms with Gasteiger partial charge in [-0.1, -0.05) is 13.8 Å². The van der Waals surface area contributed by atoms with Crippen LogP contribution in [0.2, 0.25) is 0 Å². The zero-order valence-electron chi connectivity index (χ0n) is 14.7. The average Bonchev–Trinajstić information content (AvgIpc) is 3.19. The molecule has 1 aliphatic carbocycles. The Kier molecular flexibility index (Phi) is 4.28. The highest BCUT2D eigenvalue weighted by Gasteiger charge is 2.25. The smallest absolute Gasteiger partial charge is 0.285 e. The Morgan fingerprint density at radius 2 is 2.23 bits per heavy atom. The number of hydrogen-bond donors (Lipinski definition) is 1. The summed E-state index contributed by atoms with van der Waals surface area (Å²) in [6.45, 7) is 3.99. The van der Waals surface area contributed by atoms with Gasteiger partial charge in [-0.2, -0.15) is 5.10 Å². The number of rotatable bonds is 4. The molecule has 3 aromatic heterocycles. The number of carbonyl (C=O) groups is 1. The first-order chi connectivity index (χ1) is 12.5. The Morgan fingerprint density at radius 3 is 2.96 bits per heavy atom. The molecular weight excluding hydrogens is 350 g/mol. The van der Waals surface area contributed by atoms with E-state index < -0.39 is 0 Å². The van der Waals surface area contributed by atoms with Gasteiger partial charge in [0.1, 0.15) is 23.4 Å². The lowest BCUT2D eigenvalue weighted by atomic mass is 10.0. The van der Waals surface area contributed by atoms with E-state index in [1.165, 1.54) is 21.4 Å². The minimum Gasteiger partial charge on any atom is -0.309 e. The summed E-state index contributed by atoms with van der Waals surface area (Å²) in [4.78, 5) is 34.3. The Hall–Kier alpha value is -2.61. The SMILES string of the molecule is CC(C)c1nn(CC(=O)Nc2ccncn2)c(=O)c2sc3c(c12)CCC3. The van der Waals surface area contributed by atoms with Crippen LogP contribution < -0.4 is 10.9 Å². The molecule has 0 saturated carbocycles. The first-order valence-electron chi connectivity index (χ1n) is 8.65. The van der Waals surface area contributed by atoms with E-state index >= 15 is 0 Å². The standard InChI is InChI=1S/C18H19N5O2S/c1-10(2)16-15-11-4-3-5-12(11)26-17(15)18(25)23(22-16)8-14(24)21-13-6-7-19-9-20-13/h6-7,9-10H,3-5,8H2,1-2H3,(H,19,20,21,24). The van der Waals surface area contributed by atoms with Gasteiger partial charge in [0, 0.05) is 16.5 Å². The summed E-state index contributed by atoms with van der Waals surface area (Å²) < 4.78 is 2.00. The number of nitrogens with zero attached hydrogens (tertiary/aromatic N) is 4. The molecule has 1 amide bonds. The van der Waals surface area contributed by atoms with Gasteiger partial charge in [0.15, 0.2) is 0 Å². The first-order valence-corrected chi connectivity index (χ1v) is 9.47. The van der Waals surface area contributed by atoms with Gasteiger partial charge in [0.05, 0.1) is 5.69 Å². The van der Waals surface area contributed by atoms with Crippen molar-refractivity contribution in [3.8, 4) is 0 Å². The van der Waals surface area contributed by atoms with Crippen LogP contribution in [-0.2, 0) is 24.2 Å². The van der Waals surface area contributed by atoms with E-state index in [2.05, 4.69) is 34.2 Å². The second kappa shape index (κ2) is 6.60. The summed E-state index contributed by atoms with van der Waals surface area (Å²) in [5.74, 6) is 0.239. The quantitative estimate of drug-likeness (QED) is 0.763. The van der Waals surface area contributed by atoms with Crippen LogP contribution in [0.3, 0.4) is 0 Å². The van der Waals surface area contributed by atoms with E-state index in [9.17, 15) is 9.59 Å². The normalized spacial score (nSPS) is 13.3. The largest absolute Gasteiger partial charge is 0.309 e. The van der Waals surface area contributed by atoms with Crippen molar-refractivity contribution in [1.29, 1.82) is 0 Å². The van der Waals surface area contributed by atoms with Crippen LogP contribution in [0.4, 0.5) is 5.82 Å². The molecule has 3 heterocycles. The van der Waals surface area contributed by atoms with E-state index in [1.54, 1.807) is 23.6 Å². The van der Waals surface area contributed by atoms with Crippen LogP contribution in [0, 0.1) is 0 Å². The van der Waals surface area contributed by atoms with E-state index in [0.717, 1.165) is 35.0 Å². The molecule has 0 fully saturated rings. The fourth-order valence-corrected chi connectivity index (χ4v) is 4.71. The third-order valence-corrected chi connectivity index (χ3v) is 5.80. The van der Waals surface area contributed by atoms with Crippen molar-refractivity contribution < 1.29 is 4.79 Å². The van der Waals surface area contributed by atoms with E-state index in [0.29, 0.717) is 5.82 Å². The molecule has 0 spiro atoms. The zero-order valence-corrected chi connectivity index (χ0v) is 15.5. The molecule has 1 N–H and O–H groups in total. The highest BCUT2D eigenvalue weighted by molar-refractivity contribution is 7.19. The number of aromatic nitrogens is 4. The number of anilines is 1. The number of carbonyl (C=O) groups excluding carboxylic acids is 1. The first kappa shape index (κ1) is 16.8. The predicted molar refractivity (Wildman–Crippen MR) is 101 cm³/mol. The van der Waals surface area contributed by atoms with Gasteiger partial charge in [-0.25, -0.2) is 14.6 Å². The molecule has 26 heavy (non-hydrogen) atoms. The van der Waals surface area contributed by atoms with Crippen molar-refractivity contribution in [3.05, 3.63) is 45.1 Å². The maximum absolute atomic E-state index is 12.9. The van der Waals surface area contributed by atoms with Crippen molar-refractivity contribution in [2.45, 2.75) is 45.6 Å². The van der Waals surface area contributed by atoms with Crippen LogP contribution in [0.1, 0.15) is 42.3 Å². The maximum atomic E-state index is 12.9. The van der Waals surface area contributed by atoms with Crippen LogP contribution in [-0.4, -0.2) is 25.7 Å². The van der Waals surface area contributed by atoms with Crippen molar-refractivity contribution in [2.75, 3.05) is 5.32 Å². The Balaban J connectivity index is 1.73. The number of hydrogen-bond acceptors (Lipinski definition) is 6. The second-order valence-corrected chi connectivity index (χ2v) is 7.81. The predicted octanol–water partition coefficient (Wildman–Crippen LogP) is 2.50. The van der Waals surface area contributed by atoms with Crippen molar-refractivity contribution in [3.63, 3.8) is 0 Å². The number of aryl methyl sites for hydroxylation is 2. The molecule has 0 aliphatic heterocycles. The van der Waals surface area contributed by atoms with Crippen LogP contribution in [0.5, 0.6) is 0 Å². The third kappa shape index (κ3) is 2.90. The van der Waals surface area contributed by atoms with Gasteiger partial charge in [-0.05, 0) is 36.8 Å². The van der Waals surface area contributed by atoms with Gasteiger partial charge < -0.3 is 5.32 Å². The number of amides is 1. The molecule has 134 valence electrons. The molecule has 0 unspecified atom stereocenters. The molecule has 8 heteroatoms. The Labute approximate surface area is 154 Å². The van der Waals surface area contributed by atoms with Crippen molar-refractivity contribution in [1.82, 2.24) is 19.7 Å². The monoisotopic (exact) mass is 369 g/mol. The van der Waals surface area contributed by atoms with Crippen molar-refractivity contribution >= 4 is 33.1 Å². The van der Waals surface area contributed by atoms with E-state index in [1.807, 2.05) is 0 Å². The number of thiophene rings is 1. The lowest BCUT2D eigenvalue weighted by Crippen LogP contribution is -2.30. The molecular formula is C18H19N5O2S. The lowest BCUT2D eigenvalue weighted by Gasteiger charge is -2.12. The zero-order chi connectivity index (χ0) is 18.3. The van der Waals surface area contributed by atoms with Gasteiger partial charge in [0.2, 0.25) is 5.91 Å². The summed E-state index contributed by atoms with van der Waals surface area (Å²) in [6.07, 6.45) is 6.08. The summed E-state index contributed by atoms with van der Waals surface area (Å²) in [6, 6.07) is 1.60. The molecule has 0 aromatic carbocycles. The maximum Gasteiger partial charge on any atom is 0.285 e. The molecule has 0 atom stereocenters. The van der Waals surface area contributed by atoms with Crippen LogP contribution >= 0.6 is 11.3 Å². The van der Waals surface area contributed by atoms with E-state index in [4.69, 9.17) is 0 Å². The molecule has 0 radical (unpaired) electrons. The summed E-state index contributed by atoms with van der Waals surface area (Å²) >= 11 is 1.56. The summed E-state index contributed by atoms with van der Waals surface area (Å²) in [7, 11) is 0. The van der Waals surface area contributed by atoms with Crippen molar-refractivity contribution in [2.24, 2.45) is 0 Å². The number of nitrogens with one attached hydrogen (secondary N) is 1. The third-order valence-electron chi connectivity index (χ3n) is 4.52. The fraction of sp³-hybridized carbons (Fsp3) is 0.389. The topological polar surface area (TPSA) is 89.8 Å². The summed E-state index contributed by atoms with van der Waals surface area (Å²) in [5, 5.41) is 8.24. The van der Waals surface area contributed by atoms with Gasteiger partial charge >= 0.3 is 0 Å². The molecule has 4 rings (SSSR count). The average molecular weight is 369 g/mol. The molecule has 1 aliphatic rings. The highest BCUT2D eigenvalue weighted by Crippen LogP contribution is 2.38. The number of fused-ring (bicyclic) bond motifs is 3. The Bertz CT molecular complexity index is 1040. The fourth-order valence-electron chi connectivity index (χ4n) is 3.36. The highest BCUT2D eigenvalue weighted by atomic mass is 32.1. The minimum absolute atomic E-state index is 0.138. The minimum atomic E-state index is -0.337. The van der Waals surface area contributed by atoms with E-state index in [-0.39, 0.29) is 23.9 Å². The lowest BCUT2D eigenvalue weighted by molar-refractivity contribution is -0.117. The molecule has 0 saturated heterocycles. The second-order valence-electron chi connectivity index (χ2n) is 6.71. The molecule has 7 nitrogen and oxygen atoms in total. The summed E-state index contributed by atoms with van der Waals surface area (Å²) in [5.41, 5.74) is 1.99. The van der Waals surface area contributed by atoms with Gasteiger partial charge in [-0.3, -0.25) is 9.59 Å².